The van der Waals surface area contributed by atoms with Gasteiger partial charge in [0.2, 0.25) is 0 Å². The molecule has 0 unspecified atom stereocenters. The predicted octanol–water partition coefficient (Wildman–Crippen LogP) is 3.82. The van der Waals surface area contributed by atoms with Gasteiger partial charge in [0.25, 0.3) is 0 Å². The molecule has 1 N–H and O–H groups in total. The topological polar surface area (TPSA) is 37.4 Å². The molecule has 0 radical (unpaired) electrons. The lowest BCUT2D eigenvalue weighted by Gasteiger charge is -2.28. The van der Waals surface area contributed by atoms with E-state index < -0.39 is 0 Å². The van der Waals surface area contributed by atoms with Crippen molar-refractivity contribution in [2.24, 2.45) is 0 Å². The van der Waals surface area contributed by atoms with Gasteiger partial charge in [0.1, 0.15) is 5.82 Å². The highest BCUT2D eigenvalue weighted by Gasteiger charge is 2.12. The minimum Gasteiger partial charge on any atom is -0.378 e. The normalized spacial score (nSPS) is 14.9. The van der Waals surface area contributed by atoms with Crippen molar-refractivity contribution in [1.82, 2.24) is 4.98 Å². The lowest BCUT2D eigenvalue weighted by molar-refractivity contribution is 0.122. The van der Waals surface area contributed by atoms with Crippen LogP contribution >= 0.6 is 0 Å². The summed E-state index contributed by atoms with van der Waals surface area (Å²) in [7, 11) is 0. The van der Waals surface area contributed by atoms with Gasteiger partial charge < -0.3 is 15.0 Å². The number of nitrogens with one attached hydrogen (secondary N) is 1. The third kappa shape index (κ3) is 2.98. The predicted molar refractivity (Wildman–Crippen MR) is 94.5 cm³/mol. The molecule has 1 fully saturated rings. The van der Waals surface area contributed by atoms with Gasteiger partial charge in [-0.3, -0.25) is 0 Å². The fourth-order valence-corrected chi connectivity index (χ4v) is 2.95. The van der Waals surface area contributed by atoms with Crippen molar-refractivity contribution in [3.05, 3.63) is 60.8 Å². The highest BCUT2D eigenvalue weighted by Crippen LogP contribution is 2.27. The van der Waals surface area contributed by atoms with Crippen LogP contribution in [0.3, 0.4) is 0 Å². The number of fused-ring (bicyclic) bond motifs is 1. The van der Waals surface area contributed by atoms with E-state index in [9.17, 15) is 0 Å². The van der Waals surface area contributed by atoms with E-state index in [0.29, 0.717) is 0 Å². The number of nitrogens with zero attached hydrogens (tertiary/aromatic N) is 2. The Labute approximate surface area is 135 Å². The molecule has 1 aromatic heterocycles. The van der Waals surface area contributed by atoms with Gasteiger partial charge in [0.15, 0.2) is 0 Å². The molecular formula is C19H19N3O. The van der Waals surface area contributed by atoms with E-state index in [1.54, 1.807) is 0 Å². The minimum atomic E-state index is 0.767. The highest BCUT2D eigenvalue weighted by atomic mass is 16.5. The van der Waals surface area contributed by atoms with Crippen molar-refractivity contribution in [2.75, 3.05) is 36.5 Å². The van der Waals surface area contributed by atoms with Crippen LogP contribution in [0.5, 0.6) is 0 Å². The largest absolute Gasteiger partial charge is 0.378 e. The van der Waals surface area contributed by atoms with E-state index in [1.165, 1.54) is 10.8 Å². The lowest BCUT2D eigenvalue weighted by atomic mass is 10.1. The summed E-state index contributed by atoms with van der Waals surface area (Å²) >= 11 is 0. The summed E-state index contributed by atoms with van der Waals surface area (Å²) in [5.41, 5.74) is 2.17. The first-order valence-corrected chi connectivity index (χ1v) is 7.94. The zero-order valence-electron chi connectivity index (χ0n) is 12.9. The number of anilines is 3. The molecule has 116 valence electrons. The monoisotopic (exact) mass is 305 g/mol. The van der Waals surface area contributed by atoms with Gasteiger partial charge in [-0.1, -0.05) is 36.4 Å². The fraction of sp³-hybridized carbons (Fsp3) is 0.211. The molecule has 4 heteroatoms. The quantitative estimate of drug-likeness (QED) is 0.798. The van der Waals surface area contributed by atoms with E-state index in [2.05, 4.69) is 63.7 Å². The van der Waals surface area contributed by atoms with Crippen LogP contribution in [0, 0.1) is 0 Å². The average Bonchev–Trinajstić information content (AvgIpc) is 2.63. The van der Waals surface area contributed by atoms with Gasteiger partial charge in [-0.25, -0.2) is 4.98 Å². The van der Waals surface area contributed by atoms with Crippen molar-refractivity contribution in [3.63, 3.8) is 0 Å². The molecule has 1 aliphatic heterocycles. The molecule has 0 bridgehead atoms. The Morgan fingerprint density at radius 3 is 2.70 bits per heavy atom. The maximum absolute atomic E-state index is 5.41. The summed E-state index contributed by atoms with van der Waals surface area (Å²) in [4.78, 5) is 6.76. The van der Waals surface area contributed by atoms with Crippen LogP contribution in [-0.4, -0.2) is 31.3 Å². The Kier molecular flexibility index (Phi) is 3.82. The van der Waals surface area contributed by atoms with Crippen molar-refractivity contribution >= 4 is 28.0 Å². The fourth-order valence-electron chi connectivity index (χ4n) is 2.95. The molecule has 0 amide bonds. The molecular weight excluding hydrogens is 286 g/mol. The van der Waals surface area contributed by atoms with Crippen LogP contribution in [0.4, 0.5) is 17.2 Å². The Bertz CT molecular complexity index is 807. The second-order valence-electron chi connectivity index (χ2n) is 5.65. The zero-order chi connectivity index (χ0) is 15.5. The van der Waals surface area contributed by atoms with Crippen molar-refractivity contribution < 1.29 is 4.74 Å². The summed E-state index contributed by atoms with van der Waals surface area (Å²) in [6.45, 7) is 3.32. The molecule has 4 nitrogen and oxygen atoms in total. The second-order valence-corrected chi connectivity index (χ2v) is 5.65. The number of hydrogen-bond acceptors (Lipinski definition) is 4. The minimum absolute atomic E-state index is 0.767. The van der Waals surface area contributed by atoms with Gasteiger partial charge in [-0.05, 0) is 17.5 Å². The molecule has 23 heavy (non-hydrogen) atoms. The Balaban J connectivity index is 1.63. The van der Waals surface area contributed by atoms with Crippen molar-refractivity contribution in [3.8, 4) is 0 Å². The molecule has 0 atom stereocenters. The third-order valence-electron chi connectivity index (χ3n) is 4.15. The van der Waals surface area contributed by atoms with E-state index in [4.69, 9.17) is 4.74 Å². The molecule has 4 rings (SSSR count). The van der Waals surface area contributed by atoms with E-state index in [1.807, 2.05) is 12.3 Å². The molecule has 1 aliphatic rings. The van der Waals surface area contributed by atoms with Gasteiger partial charge in [-0.2, -0.15) is 0 Å². The number of rotatable bonds is 3. The molecule has 2 aromatic carbocycles. The van der Waals surface area contributed by atoms with E-state index >= 15 is 0 Å². The average molecular weight is 305 g/mol. The van der Waals surface area contributed by atoms with Crippen LogP contribution in [0.1, 0.15) is 0 Å². The second kappa shape index (κ2) is 6.26. The van der Waals surface area contributed by atoms with Crippen molar-refractivity contribution in [2.45, 2.75) is 0 Å². The van der Waals surface area contributed by atoms with Crippen LogP contribution in [0.2, 0.25) is 0 Å². The summed E-state index contributed by atoms with van der Waals surface area (Å²) in [6, 6.07) is 18.8. The number of pyridine rings is 1. The molecule has 3 aromatic rings. The first-order chi connectivity index (χ1) is 11.4. The van der Waals surface area contributed by atoms with E-state index in [0.717, 1.165) is 43.5 Å². The standard InChI is InChI=1S/C19H19N3O/c1-2-6-17-15(4-1)5-3-7-18(17)21-16-8-9-20-19(14-16)22-10-12-23-13-11-22/h1-9,14H,10-13H2,(H,20,21). The first-order valence-electron chi connectivity index (χ1n) is 7.94. The smallest absolute Gasteiger partial charge is 0.130 e. The number of hydrogen-bond donors (Lipinski definition) is 1. The molecule has 0 aliphatic carbocycles. The van der Waals surface area contributed by atoms with Gasteiger partial charge >= 0.3 is 0 Å². The van der Waals surface area contributed by atoms with Crippen LogP contribution in [-0.2, 0) is 4.74 Å². The maximum atomic E-state index is 5.41. The van der Waals surface area contributed by atoms with Crippen LogP contribution in [0.15, 0.2) is 60.8 Å². The molecule has 0 spiro atoms. The van der Waals surface area contributed by atoms with E-state index in [-0.39, 0.29) is 0 Å². The first kappa shape index (κ1) is 14.0. The summed E-state index contributed by atoms with van der Waals surface area (Å²) in [5.74, 6) is 0.999. The van der Waals surface area contributed by atoms with Gasteiger partial charge in [-0.15, -0.1) is 0 Å². The SMILES string of the molecule is c1ccc2c(Nc3ccnc(N4CCOCC4)c3)cccc2c1. The van der Waals surface area contributed by atoms with Gasteiger partial charge in [0.05, 0.1) is 13.2 Å². The summed E-state index contributed by atoms with van der Waals surface area (Å²) in [5, 5.41) is 5.99. The van der Waals surface area contributed by atoms with Gasteiger partial charge in [0, 0.05) is 42.1 Å². The Morgan fingerprint density at radius 2 is 1.78 bits per heavy atom. The molecule has 1 saturated heterocycles. The lowest BCUT2D eigenvalue weighted by Crippen LogP contribution is -2.36. The van der Waals surface area contributed by atoms with Crippen molar-refractivity contribution in [1.29, 1.82) is 0 Å². The Morgan fingerprint density at radius 1 is 0.957 bits per heavy atom. The summed E-state index contributed by atoms with van der Waals surface area (Å²) < 4.78 is 5.41. The highest BCUT2D eigenvalue weighted by molar-refractivity contribution is 5.95. The number of aromatic nitrogens is 1. The molecule has 2 heterocycles. The zero-order valence-corrected chi connectivity index (χ0v) is 12.9. The third-order valence-corrected chi connectivity index (χ3v) is 4.15. The number of benzene rings is 2. The number of morpholine rings is 1. The van der Waals surface area contributed by atoms with Crippen LogP contribution in [0.25, 0.3) is 10.8 Å². The number of ether oxygens (including phenoxy) is 1. The van der Waals surface area contributed by atoms with Crippen LogP contribution < -0.4 is 10.2 Å². The summed E-state index contributed by atoms with van der Waals surface area (Å²) in [6.07, 6.45) is 1.86. The molecule has 0 saturated carbocycles. The Hall–Kier alpha value is -2.59. The maximum Gasteiger partial charge on any atom is 0.130 e.